The van der Waals surface area contributed by atoms with Gasteiger partial charge in [0.2, 0.25) is 0 Å². The van der Waals surface area contributed by atoms with Crippen molar-refractivity contribution in [1.82, 2.24) is 86.0 Å². The third kappa shape index (κ3) is 16.1. The number of guanidine groups is 1. The minimum atomic E-state index is -0.0972. The van der Waals surface area contributed by atoms with Gasteiger partial charge in [0.1, 0.15) is 11.6 Å². The third-order valence-electron chi connectivity index (χ3n) is 7.82. The van der Waals surface area contributed by atoms with Crippen molar-refractivity contribution in [2.24, 2.45) is 32.1 Å². The molecule has 9 N–H and O–H groups in total. The zero-order chi connectivity index (χ0) is 46.1. The van der Waals surface area contributed by atoms with Crippen LogP contribution in [0.4, 0.5) is 0 Å². The number of Topliss-reactive ketones (excluding diaryl/α,β-unsaturated/α-hetero) is 2. The largest absolute Gasteiger partial charge is 0.320 e. The van der Waals surface area contributed by atoms with Gasteiger partial charge in [-0.2, -0.15) is 25.5 Å². The van der Waals surface area contributed by atoms with E-state index in [1.165, 1.54) is 13.8 Å². The highest BCUT2D eigenvalue weighted by Crippen LogP contribution is 2.09. The summed E-state index contributed by atoms with van der Waals surface area (Å²) in [7, 11) is 0. The normalized spacial score (nSPS) is 11.4. The topological polar surface area (TPSA) is 347 Å². The van der Waals surface area contributed by atoms with Gasteiger partial charge in [0.05, 0.1) is 28.5 Å². The summed E-state index contributed by atoms with van der Waals surface area (Å²) in [6.45, 7) is 22.4. The maximum Gasteiger partial charge on any atom is 0.289 e. The van der Waals surface area contributed by atoms with E-state index in [1.54, 1.807) is 18.7 Å². The molecule has 27 heteroatoms. The molecule has 6 aromatic heterocycles. The number of aromatic nitrogens is 14. The average Bonchev–Trinajstić information content (AvgIpc) is 4.04. The van der Waals surface area contributed by atoms with Crippen molar-refractivity contribution >= 4 is 41.9 Å². The molecule has 0 radical (unpaired) electrons. The monoisotopic (exact) mass is 890 g/mol. The second kappa shape index (κ2) is 24.6. The molecule has 7 heterocycles. The molecule has 1 aliphatic heterocycles. The zero-order valence-corrected chi connectivity index (χ0v) is 38.1. The van der Waals surface area contributed by atoms with Crippen LogP contribution in [0.1, 0.15) is 83.6 Å². The lowest BCUT2D eigenvalue weighted by atomic mass is 10.2. The Kier molecular flexibility index (Phi) is 20.1. The minimum absolute atomic E-state index is 0. The van der Waals surface area contributed by atoms with E-state index in [0.717, 1.165) is 56.9 Å². The van der Waals surface area contributed by atoms with E-state index in [4.69, 9.17) is 11.4 Å². The number of halogens is 1. The van der Waals surface area contributed by atoms with E-state index >= 15 is 0 Å². The molecule has 0 spiro atoms. The Bertz CT molecular complexity index is 2360. The number of H-pyrrole nitrogens is 1. The van der Waals surface area contributed by atoms with E-state index in [0.29, 0.717) is 36.7 Å². The van der Waals surface area contributed by atoms with Crippen molar-refractivity contribution in [3.05, 3.63) is 87.3 Å². The standard InChI is InChI=1S/C12H16N8.C12H14N8.C6H10O2.C5H8N2.CH6N6.ClH/c2*1-7-5-9(3)19(17-7)11-13-15-12(16-14-11)20-10(4)6-8(2)18-20;1-5(7)3-4-6(2)8;1-4-3-5(2)7-6-4;2-5-1(6-3)7-4;/h5-6H,1-4H3,(H,13,14)(H,15,16);5-6H,1-4H3;3-4H2,1-2H3;3H,1-2H3,(H,6,7);2H,3-4H2,(H,6,7);1H. The number of nitrogens with one attached hydrogen (secondary N) is 5. The minimum Gasteiger partial charge on any atom is -0.320 e. The molecule has 26 nitrogen and oxygen atoms in total. The van der Waals surface area contributed by atoms with Crippen LogP contribution in [-0.4, -0.2) is 99.2 Å². The number of aromatic amines is 1. The lowest BCUT2D eigenvalue weighted by Crippen LogP contribution is -2.41. The second-order valence-electron chi connectivity index (χ2n) is 13.8. The van der Waals surface area contributed by atoms with Crippen molar-refractivity contribution in [1.29, 1.82) is 5.53 Å². The maximum absolute atomic E-state index is 10.2. The fraction of sp³-hybridized carbons (Fsp3) is 0.389. The Morgan fingerprint density at radius 3 is 1.14 bits per heavy atom. The molecule has 0 atom stereocenters. The summed E-state index contributed by atoms with van der Waals surface area (Å²) in [5.74, 6) is 11.2. The second-order valence-corrected chi connectivity index (χ2v) is 13.8. The molecule has 0 unspecified atom stereocenters. The first kappa shape index (κ1) is 51.5. The molecule has 338 valence electrons. The van der Waals surface area contributed by atoms with Crippen LogP contribution in [0.5, 0.6) is 0 Å². The molecule has 6 aromatic rings. The molecule has 0 aromatic carbocycles. The summed E-state index contributed by atoms with van der Waals surface area (Å²) in [5.41, 5.74) is 23.7. The Labute approximate surface area is 369 Å². The molecule has 0 bridgehead atoms. The number of carbonyl (C=O) groups is 2. The SMILES string of the molecule is CC(=O)CCC(C)=O.Cc1cc(C)[nH]n1.Cc1cc(C)n(-c2nnc(-n3nc(C)cc3C)nn2)n1.Cc1cc(C)n(C2=NNC(n3nc(C)cc3C)=NN2)n1.Cl.N=N/C(=N\N)NN. The predicted molar refractivity (Wildman–Crippen MR) is 236 cm³/mol. The summed E-state index contributed by atoms with van der Waals surface area (Å²) in [6.07, 6.45) is 0.796. The first-order valence-electron chi connectivity index (χ1n) is 18.8. The van der Waals surface area contributed by atoms with Gasteiger partial charge in [-0.15, -0.1) is 53.2 Å². The molecule has 1 aliphatic rings. The van der Waals surface area contributed by atoms with E-state index in [2.05, 4.69) is 88.1 Å². The van der Waals surface area contributed by atoms with Gasteiger partial charge >= 0.3 is 0 Å². The van der Waals surface area contributed by atoms with Crippen LogP contribution in [0.25, 0.3) is 11.9 Å². The molecule has 0 saturated carbocycles. The zero-order valence-electron chi connectivity index (χ0n) is 37.3. The van der Waals surface area contributed by atoms with Gasteiger partial charge in [0, 0.05) is 41.3 Å². The highest BCUT2D eigenvalue weighted by atomic mass is 35.5. The van der Waals surface area contributed by atoms with Gasteiger partial charge < -0.3 is 15.4 Å². The third-order valence-corrected chi connectivity index (χ3v) is 7.82. The van der Waals surface area contributed by atoms with Gasteiger partial charge in [0.25, 0.3) is 29.8 Å². The highest BCUT2D eigenvalue weighted by molar-refractivity contribution is 5.90. The highest BCUT2D eigenvalue weighted by Gasteiger charge is 2.16. The lowest BCUT2D eigenvalue weighted by molar-refractivity contribution is -0.122. The van der Waals surface area contributed by atoms with Crippen molar-refractivity contribution in [3.63, 3.8) is 0 Å². The lowest BCUT2D eigenvalue weighted by Gasteiger charge is -2.15. The summed E-state index contributed by atoms with van der Waals surface area (Å²) >= 11 is 0. The number of aryl methyl sites for hydroxylation is 10. The summed E-state index contributed by atoms with van der Waals surface area (Å²) < 4.78 is 6.62. The quantitative estimate of drug-likeness (QED) is 0.0429. The molecule has 0 fully saturated rings. The van der Waals surface area contributed by atoms with Crippen molar-refractivity contribution in [2.75, 3.05) is 0 Å². The number of carbonyl (C=O) groups excluding carboxylic acids is 2. The van der Waals surface area contributed by atoms with Gasteiger partial charge in [0.15, 0.2) is 0 Å². The first-order valence-corrected chi connectivity index (χ1v) is 18.8. The van der Waals surface area contributed by atoms with Crippen LogP contribution in [0.15, 0.2) is 50.8 Å². The molecule has 0 aliphatic carbocycles. The summed E-state index contributed by atoms with van der Waals surface area (Å²) in [5, 5.41) is 54.5. The Morgan fingerprint density at radius 1 is 0.619 bits per heavy atom. The molecule has 0 amide bonds. The van der Waals surface area contributed by atoms with Gasteiger partial charge in [-0.25, -0.2) is 41.0 Å². The van der Waals surface area contributed by atoms with Crippen LogP contribution in [0, 0.1) is 74.8 Å². The van der Waals surface area contributed by atoms with E-state index in [-0.39, 0.29) is 29.9 Å². The van der Waals surface area contributed by atoms with Crippen LogP contribution in [0.3, 0.4) is 0 Å². The Balaban J connectivity index is 0.000000295. The Morgan fingerprint density at radius 2 is 0.968 bits per heavy atom. The molecular weight excluding hydrogens is 836 g/mol. The number of hydrazine groups is 1. The number of ketones is 2. The average molecular weight is 891 g/mol. The first-order chi connectivity index (χ1) is 29.3. The van der Waals surface area contributed by atoms with E-state index in [1.807, 2.05) is 105 Å². The molecule has 63 heavy (non-hydrogen) atoms. The fourth-order valence-corrected chi connectivity index (χ4v) is 5.19. The van der Waals surface area contributed by atoms with Gasteiger partial charge in [-0.1, -0.05) is 0 Å². The molecular formula is C36H55ClN24O2. The molecule has 0 saturated heterocycles. The number of nitrogens with zero attached hydrogens (tertiary/aromatic N) is 17. The number of nitrogens with two attached hydrogens (primary N) is 2. The van der Waals surface area contributed by atoms with Crippen LogP contribution in [0.2, 0.25) is 0 Å². The van der Waals surface area contributed by atoms with Crippen molar-refractivity contribution in [2.45, 2.75) is 95.9 Å². The molecule has 7 rings (SSSR count). The van der Waals surface area contributed by atoms with Crippen LogP contribution < -0.4 is 28.0 Å². The van der Waals surface area contributed by atoms with E-state index < -0.39 is 0 Å². The summed E-state index contributed by atoms with van der Waals surface area (Å²) in [6, 6.07) is 9.84. The Hall–Kier alpha value is -7.61. The number of hydrogen-bond acceptors (Lipinski definition) is 19. The summed E-state index contributed by atoms with van der Waals surface area (Å²) in [4.78, 5) is 20.4. The van der Waals surface area contributed by atoms with Gasteiger partial charge in [-0.05, 0) is 113 Å². The van der Waals surface area contributed by atoms with Gasteiger partial charge in [-0.3, -0.25) is 10.5 Å². The smallest absolute Gasteiger partial charge is 0.289 e. The number of rotatable bonds is 5. The van der Waals surface area contributed by atoms with Crippen LogP contribution in [-0.2, 0) is 9.59 Å². The van der Waals surface area contributed by atoms with Crippen molar-refractivity contribution < 1.29 is 9.59 Å². The fourth-order valence-electron chi connectivity index (χ4n) is 5.19. The predicted octanol–water partition coefficient (Wildman–Crippen LogP) is 2.42. The van der Waals surface area contributed by atoms with E-state index in [9.17, 15) is 9.59 Å². The number of hydrazone groups is 3. The number of hydrogen-bond donors (Lipinski definition) is 7. The maximum atomic E-state index is 10.2. The van der Waals surface area contributed by atoms with Crippen LogP contribution >= 0.6 is 12.4 Å². The van der Waals surface area contributed by atoms with Crippen molar-refractivity contribution in [3.8, 4) is 11.9 Å².